The van der Waals surface area contributed by atoms with Gasteiger partial charge in [-0.15, -0.1) is 0 Å². The van der Waals surface area contributed by atoms with Crippen LogP contribution in [0.15, 0.2) is 12.2 Å². The van der Waals surface area contributed by atoms with Gasteiger partial charge in [-0.3, -0.25) is 13.2 Å². The SMILES string of the molecule is O=C1C=C[C@H]2CC3([C@@H]1O2)[S@](=O)CC[S@]3=O. The number of ether oxygens (including phenoxy) is 1. The van der Waals surface area contributed by atoms with Crippen LogP contribution in [0, 0.1) is 0 Å². The lowest BCUT2D eigenvalue weighted by molar-refractivity contribution is -0.125. The Morgan fingerprint density at radius 3 is 2.67 bits per heavy atom. The summed E-state index contributed by atoms with van der Waals surface area (Å²) in [6.07, 6.45) is 2.69. The lowest BCUT2D eigenvalue weighted by Gasteiger charge is -2.24. The van der Waals surface area contributed by atoms with Gasteiger partial charge in [-0.05, 0) is 6.08 Å². The number of carbonyl (C=O) groups is 1. The van der Waals surface area contributed by atoms with Crippen LogP contribution < -0.4 is 0 Å². The maximum atomic E-state index is 12.0. The molecule has 3 aliphatic heterocycles. The van der Waals surface area contributed by atoms with E-state index in [9.17, 15) is 13.2 Å². The summed E-state index contributed by atoms with van der Waals surface area (Å²) in [7, 11) is -2.41. The molecule has 4 nitrogen and oxygen atoms in total. The quantitative estimate of drug-likeness (QED) is 0.577. The zero-order valence-electron chi connectivity index (χ0n) is 7.88. The van der Waals surface area contributed by atoms with Gasteiger partial charge in [0.1, 0.15) is 6.10 Å². The first-order chi connectivity index (χ1) is 7.14. The minimum atomic E-state index is -1.20. The Morgan fingerprint density at radius 2 is 2.00 bits per heavy atom. The van der Waals surface area contributed by atoms with Crippen LogP contribution >= 0.6 is 0 Å². The highest BCUT2D eigenvalue weighted by Gasteiger charge is 2.62. The summed E-state index contributed by atoms with van der Waals surface area (Å²) in [5.41, 5.74) is 0. The van der Waals surface area contributed by atoms with Gasteiger partial charge in [0.2, 0.25) is 0 Å². The zero-order valence-corrected chi connectivity index (χ0v) is 9.51. The predicted octanol–water partition coefficient (Wildman–Crippen LogP) is -0.510. The van der Waals surface area contributed by atoms with Crippen LogP contribution in [0.3, 0.4) is 0 Å². The molecular weight excluding hydrogens is 236 g/mol. The van der Waals surface area contributed by atoms with Crippen LogP contribution in [0.25, 0.3) is 0 Å². The van der Waals surface area contributed by atoms with Crippen molar-refractivity contribution in [3.8, 4) is 0 Å². The van der Waals surface area contributed by atoms with E-state index in [2.05, 4.69) is 0 Å². The molecule has 0 saturated carbocycles. The van der Waals surface area contributed by atoms with E-state index in [4.69, 9.17) is 4.74 Å². The molecule has 0 radical (unpaired) electrons. The fourth-order valence-electron chi connectivity index (χ4n) is 2.43. The molecule has 0 aromatic heterocycles. The molecule has 82 valence electrons. The van der Waals surface area contributed by atoms with Gasteiger partial charge in [-0.25, -0.2) is 0 Å². The second-order valence-electron chi connectivity index (χ2n) is 3.93. The molecule has 2 saturated heterocycles. The van der Waals surface area contributed by atoms with E-state index in [1.54, 1.807) is 6.08 Å². The monoisotopic (exact) mass is 246 g/mol. The Kier molecular flexibility index (Phi) is 2.03. The van der Waals surface area contributed by atoms with Crippen molar-refractivity contribution in [3.63, 3.8) is 0 Å². The van der Waals surface area contributed by atoms with E-state index in [0.29, 0.717) is 17.9 Å². The molecule has 3 heterocycles. The van der Waals surface area contributed by atoms with Gasteiger partial charge in [0.05, 0.1) is 6.10 Å². The van der Waals surface area contributed by atoms with Crippen molar-refractivity contribution in [2.45, 2.75) is 22.7 Å². The number of fused-ring (bicyclic) bond motifs is 3. The molecular formula is C9H10O4S2. The van der Waals surface area contributed by atoms with Gasteiger partial charge in [0, 0.05) is 39.5 Å². The van der Waals surface area contributed by atoms with Crippen molar-refractivity contribution in [3.05, 3.63) is 12.2 Å². The number of carbonyl (C=O) groups excluding carboxylic acids is 1. The van der Waals surface area contributed by atoms with E-state index in [0.717, 1.165) is 0 Å². The summed E-state index contributed by atoms with van der Waals surface area (Å²) in [6.45, 7) is 0. The average molecular weight is 246 g/mol. The van der Waals surface area contributed by atoms with E-state index >= 15 is 0 Å². The first-order valence-electron chi connectivity index (χ1n) is 4.79. The predicted molar refractivity (Wildman–Crippen MR) is 56.2 cm³/mol. The Labute approximate surface area is 92.0 Å². The maximum Gasteiger partial charge on any atom is 0.186 e. The number of hydrogen-bond donors (Lipinski definition) is 0. The largest absolute Gasteiger partial charge is 0.360 e. The second kappa shape index (κ2) is 3.09. The molecule has 1 spiro atoms. The van der Waals surface area contributed by atoms with Crippen molar-refractivity contribution in [1.29, 1.82) is 0 Å². The van der Waals surface area contributed by atoms with Crippen molar-refractivity contribution in [1.82, 2.24) is 0 Å². The standard InChI is InChI=1S/C9H10O4S2/c10-7-2-1-6-5-9(8(7)13-6)14(11)3-4-15(9)12/h1-2,6,8H,3-5H2/t6-,8+,14+,15+/m0/s1. The van der Waals surface area contributed by atoms with E-state index in [-0.39, 0.29) is 11.9 Å². The third kappa shape index (κ3) is 1.13. The summed E-state index contributed by atoms with van der Waals surface area (Å²) in [6, 6.07) is 0. The molecule has 0 N–H and O–H groups in total. The van der Waals surface area contributed by atoms with Crippen molar-refractivity contribution >= 4 is 27.4 Å². The topological polar surface area (TPSA) is 60.4 Å². The lowest BCUT2D eigenvalue weighted by Crippen LogP contribution is -2.46. The van der Waals surface area contributed by atoms with Crippen LogP contribution in [0.2, 0.25) is 0 Å². The van der Waals surface area contributed by atoms with Crippen LogP contribution in [-0.4, -0.2) is 42.0 Å². The zero-order chi connectivity index (χ0) is 10.6. The highest BCUT2D eigenvalue weighted by Crippen LogP contribution is 2.44. The van der Waals surface area contributed by atoms with Crippen LogP contribution in [0.1, 0.15) is 6.42 Å². The lowest BCUT2D eigenvalue weighted by atomic mass is 10.1. The second-order valence-corrected chi connectivity index (χ2v) is 7.85. The molecule has 2 fully saturated rings. The minimum Gasteiger partial charge on any atom is -0.360 e. The first kappa shape index (κ1) is 9.86. The van der Waals surface area contributed by atoms with Gasteiger partial charge < -0.3 is 4.74 Å². The maximum absolute atomic E-state index is 12.0. The fourth-order valence-corrected chi connectivity index (χ4v) is 7.18. The smallest absolute Gasteiger partial charge is 0.186 e. The molecule has 3 rings (SSSR count). The molecule has 0 aromatic rings. The number of hydrogen-bond acceptors (Lipinski definition) is 4. The van der Waals surface area contributed by atoms with Gasteiger partial charge >= 0.3 is 0 Å². The fraction of sp³-hybridized carbons (Fsp3) is 0.667. The Hall–Kier alpha value is -0.330. The average Bonchev–Trinajstić information content (AvgIpc) is 2.69. The van der Waals surface area contributed by atoms with Gasteiger partial charge in [0.15, 0.2) is 9.86 Å². The summed E-state index contributed by atoms with van der Waals surface area (Å²) in [5, 5.41) is 0. The number of ketones is 1. The van der Waals surface area contributed by atoms with Gasteiger partial charge in [0.25, 0.3) is 0 Å². The molecule has 2 bridgehead atoms. The Bertz CT molecular complexity index is 398. The molecule has 0 aromatic carbocycles. The van der Waals surface area contributed by atoms with Gasteiger partial charge in [-0.2, -0.15) is 0 Å². The summed E-state index contributed by atoms with van der Waals surface area (Å²) >= 11 is 0. The highest BCUT2D eigenvalue weighted by atomic mass is 32.3. The van der Waals surface area contributed by atoms with Gasteiger partial charge in [-0.1, -0.05) is 6.08 Å². The third-order valence-corrected chi connectivity index (χ3v) is 7.98. The third-order valence-electron chi connectivity index (χ3n) is 3.15. The normalized spacial score (nSPS) is 46.5. The Morgan fingerprint density at radius 1 is 1.33 bits per heavy atom. The highest BCUT2D eigenvalue weighted by molar-refractivity contribution is 8.07. The van der Waals surface area contributed by atoms with Crippen molar-refractivity contribution in [2.24, 2.45) is 0 Å². The molecule has 0 unspecified atom stereocenters. The number of rotatable bonds is 0. The van der Waals surface area contributed by atoms with Crippen LogP contribution in [0.4, 0.5) is 0 Å². The molecule has 15 heavy (non-hydrogen) atoms. The van der Waals surface area contributed by atoms with Crippen molar-refractivity contribution < 1.29 is 17.9 Å². The van der Waals surface area contributed by atoms with Crippen molar-refractivity contribution in [2.75, 3.05) is 11.5 Å². The summed E-state index contributed by atoms with van der Waals surface area (Å²) < 4.78 is 28.5. The molecule has 0 amide bonds. The minimum absolute atomic E-state index is 0.182. The first-order valence-corrected chi connectivity index (χ1v) is 7.43. The van der Waals surface area contributed by atoms with E-state index < -0.39 is 31.8 Å². The molecule has 4 atom stereocenters. The molecule has 6 heteroatoms. The van der Waals surface area contributed by atoms with Crippen LogP contribution in [0.5, 0.6) is 0 Å². The summed E-state index contributed by atoms with van der Waals surface area (Å²) in [5.74, 6) is 0.659. The van der Waals surface area contributed by atoms with Crippen LogP contribution in [-0.2, 0) is 31.1 Å². The molecule has 0 aliphatic carbocycles. The van der Waals surface area contributed by atoms with E-state index in [1.165, 1.54) is 6.08 Å². The Balaban J connectivity index is 2.11. The molecule has 3 aliphatic rings. The van der Waals surface area contributed by atoms with E-state index in [1.807, 2.05) is 0 Å². The summed E-state index contributed by atoms with van der Waals surface area (Å²) in [4.78, 5) is 11.6.